The molecule has 2 heterocycles. The van der Waals surface area contributed by atoms with E-state index in [-0.39, 0.29) is 30.0 Å². The first-order valence-corrected chi connectivity index (χ1v) is 10.4. The molecule has 1 unspecified atom stereocenters. The summed E-state index contributed by atoms with van der Waals surface area (Å²) < 4.78 is 5.37. The molecule has 2 N–H and O–H groups in total. The molecule has 0 spiro atoms. The van der Waals surface area contributed by atoms with Crippen LogP contribution in [0.2, 0.25) is 0 Å². The van der Waals surface area contributed by atoms with E-state index in [1.807, 2.05) is 0 Å². The SMILES string of the molecule is CCNC(=NCCC1=CCOCC1)NC(C)c1cccc(N2CCCC2)c1.I. The van der Waals surface area contributed by atoms with Crippen LogP contribution in [0.1, 0.15) is 51.1 Å². The van der Waals surface area contributed by atoms with Crippen molar-refractivity contribution in [2.24, 2.45) is 4.99 Å². The first-order valence-electron chi connectivity index (χ1n) is 10.4. The number of ether oxygens (including phenoxy) is 1. The van der Waals surface area contributed by atoms with Gasteiger partial charge < -0.3 is 20.3 Å². The minimum absolute atomic E-state index is 0. The van der Waals surface area contributed by atoms with Crippen LogP contribution in [-0.2, 0) is 4.74 Å². The average molecular weight is 498 g/mol. The summed E-state index contributed by atoms with van der Waals surface area (Å²) in [6, 6.07) is 9.13. The molecule has 1 saturated heterocycles. The van der Waals surface area contributed by atoms with Crippen molar-refractivity contribution >= 4 is 35.6 Å². The highest BCUT2D eigenvalue weighted by molar-refractivity contribution is 14.0. The zero-order chi connectivity index (χ0) is 18.9. The summed E-state index contributed by atoms with van der Waals surface area (Å²) in [6.45, 7) is 9.94. The van der Waals surface area contributed by atoms with Gasteiger partial charge in [0.25, 0.3) is 0 Å². The Bertz CT molecular complexity index is 656. The fourth-order valence-electron chi connectivity index (χ4n) is 3.68. The average Bonchev–Trinajstić information content (AvgIpc) is 3.24. The highest BCUT2D eigenvalue weighted by Crippen LogP contribution is 2.24. The Morgan fingerprint density at radius 1 is 1.29 bits per heavy atom. The number of nitrogens with one attached hydrogen (secondary N) is 2. The van der Waals surface area contributed by atoms with Gasteiger partial charge in [0, 0.05) is 31.9 Å². The third-order valence-corrected chi connectivity index (χ3v) is 5.30. The van der Waals surface area contributed by atoms with Gasteiger partial charge in [-0.3, -0.25) is 4.99 Å². The van der Waals surface area contributed by atoms with Crippen LogP contribution in [0.25, 0.3) is 0 Å². The summed E-state index contributed by atoms with van der Waals surface area (Å²) in [5.41, 5.74) is 4.11. The van der Waals surface area contributed by atoms with E-state index >= 15 is 0 Å². The number of rotatable bonds is 7. The number of guanidine groups is 1. The van der Waals surface area contributed by atoms with Crippen molar-refractivity contribution in [2.45, 2.75) is 45.6 Å². The normalized spacial score (nSPS) is 18.3. The van der Waals surface area contributed by atoms with Crippen molar-refractivity contribution in [1.29, 1.82) is 0 Å². The first kappa shape index (κ1) is 23.0. The molecule has 6 heteroatoms. The van der Waals surface area contributed by atoms with Gasteiger partial charge in [-0.1, -0.05) is 23.8 Å². The predicted molar refractivity (Wildman–Crippen MR) is 129 cm³/mol. The lowest BCUT2D eigenvalue weighted by molar-refractivity contribution is 0.153. The fraction of sp³-hybridized carbons (Fsp3) is 0.591. The van der Waals surface area contributed by atoms with Crippen LogP contribution in [-0.4, -0.2) is 45.4 Å². The highest BCUT2D eigenvalue weighted by atomic mass is 127. The molecule has 5 nitrogen and oxygen atoms in total. The van der Waals surface area contributed by atoms with E-state index in [1.165, 1.54) is 42.8 Å². The molecule has 0 bridgehead atoms. The molecule has 0 aliphatic carbocycles. The zero-order valence-corrected chi connectivity index (χ0v) is 19.6. The number of aliphatic imine (C=N–C) groups is 1. The molecule has 3 rings (SSSR count). The summed E-state index contributed by atoms with van der Waals surface area (Å²) in [7, 11) is 0. The van der Waals surface area contributed by atoms with E-state index in [0.29, 0.717) is 0 Å². The van der Waals surface area contributed by atoms with Crippen LogP contribution in [0.15, 0.2) is 40.9 Å². The lowest BCUT2D eigenvalue weighted by Crippen LogP contribution is -2.38. The van der Waals surface area contributed by atoms with E-state index in [1.54, 1.807) is 0 Å². The minimum atomic E-state index is 0. The van der Waals surface area contributed by atoms with E-state index in [4.69, 9.17) is 9.73 Å². The molecule has 2 aliphatic heterocycles. The topological polar surface area (TPSA) is 48.9 Å². The molecule has 0 aromatic heterocycles. The number of halogens is 1. The van der Waals surface area contributed by atoms with Crippen molar-refractivity contribution < 1.29 is 4.74 Å². The molecule has 2 aliphatic rings. The van der Waals surface area contributed by atoms with Crippen LogP contribution in [0, 0.1) is 0 Å². The largest absolute Gasteiger partial charge is 0.377 e. The molecule has 0 radical (unpaired) electrons. The molecular formula is C22H35IN4O. The Labute approximate surface area is 187 Å². The smallest absolute Gasteiger partial charge is 0.191 e. The van der Waals surface area contributed by atoms with Crippen molar-refractivity contribution in [3.8, 4) is 0 Å². The Morgan fingerprint density at radius 3 is 2.82 bits per heavy atom. The molecular weight excluding hydrogens is 463 g/mol. The Kier molecular flexibility index (Phi) is 10.1. The molecule has 1 aromatic rings. The van der Waals surface area contributed by atoms with E-state index in [0.717, 1.165) is 45.1 Å². The third kappa shape index (κ3) is 6.95. The number of hydrogen-bond donors (Lipinski definition) is 2. The van der Waals surface area contributed by atoms with Gasteiger partial charge in [0.15, 0.2) is 5.96 Å². The fourth-order valence-corrected chi connectivity index (χ4v) is 3.68. The van der Waals surface area contributed by atoms with Crippen LogP contribution < -0.4 is 15.5 Å². The minimum Gasteiger partial charge on any atom is -0.377 e. The molecule has 1 fully saturated rings. The Hall–Kier alpha value is -1.28. The van der Waals surface area contributed by atoms with E-state index < -0.39 is 0 Å². The van der Waals surface area contributed by atoms with Gasteiger partial charge in [-0.2, -0.15) is 0 Å². The van der Waals surface area contributed by atoms with Gasteiger partial charge in [-0.05, 0) is 57.2 Å². The van der Waals surface area contributed by atoms with Crippen molar-refractivity contribution in [3.05, 3.63) is 41.5 Å². The van der Waals surface area contributed by atoms with Gasteiger partial charge in [0.2, 0.25) is 0 Å². The Balaban J connectivity index is 0.00000280. The number of hydrogen-bond acceptors (Lipinski definition) is 3. The highest BCUT2D eigenvalue weighted by Gasteiger charge is 2.14. The number of anilines is 1. The second-order valence-corrected chi connectivity index (χ2v) is 7.35. The summed E-state index contributed by atoms with van der Waals surface area (Å²) in [4.78, 5) is 7.26. The first-order chi connectivity index (χ1) is 13.3. The van der Waals surface area contributed by atoms with Crippen molar-refractivity contribution in [1.82, 2.24) is 10.6 Å². The molecule has 1 aromatic carbocycles. The van der Waals surface area contributed by atoms with Crippen LogP contribution >= 0.6 is 24.0 Å². The third-order valence-electron chi connectivity index (χ3n) is 5.30. The standard InChI is InChI=1S/C22H34N4O.HI/c1-3-23-22(24-12-9-19-10-15-27-16-11-19)25-18(2)20-7-6-8-21(17-20)26-13-4-5-14-26;/h6-8,10,17-18H,3-5,9,11-16H2,1-2H3,(H2,23,24,25);1H. The van der Waals surface area contributed by atoms with Gasteiger partial charge in [-0.15, -0.1) is 24.0 Å². The molecule has 28 heavy (non-hydrogen) atoms. The lowest BCUT2D eigenvalue weighted by atomic mass is 10.1. The maximum absolute atomic E-state index is 5.37. The van der Waals surface area contributed by atoms with E-state index in [9.17, 15) is 0 Å². The summed E-state index contributed by atoms with van der Waals surface area (Å²) in [5, 5.41) is 6.94. The maximum atomic E-state index is 5.37. The number of nitrogens with zero attached hydrogens (tertiary/aromatic N) is 2. The summed E-state index contributed by atoms with van der Waals surface area (Å²) in [5.74, 6) is 0.893. The Morgan fingerprint density at radius 2 is 2.11 bits per heavy atom. The second-order valence-electron chi connectivity index (χ2n) is 7.35. The summed E-state index contributed by atoms with van der Waals surface area (Å²) >= 11 is 0. The molecule has 0 saturated carbocycles. The van der Waals surface area contributed by atoms with Crippen molar-refractivity contribution in [2.75, 3.05) is 44.3 Å². The zero-order valence-electron chi connectivity index (χ0n) is 17.2. The second kappa shape index (κ2) is 12.3. The molecule has 156 valence electrons. The van der Waals surface area contributed by atoms with Gasteiger partial charge in [-0.25, -0.2) is 0 Å². The lowest BCUT2D eigenvalue weighted by Gasteiger charge is -2.22. The van der Waals surface area contributed by atoms with Crippen LogP contribution in [0.3, 0.4) is 0 Å². The van der Waals surface area contributed by atoms with Gasteiger partial charge in [0.05, 0.1) is 19.3 Å². The van der Waals surface area contributed by atoms with Crippen LogP contribution in [0.4, 0.5) is 5.69 Å². The maximum Gasteiger partial charge on any atom is 0.191 e. The van der Waals surface area contributed by atoms with Gasteiger partial charge >= 0.3 is 0 Å². The van der Waals surface area contributed by atoms with E-state index in [2.05, 4.69) is 59.7 Å². The quantitative estimate of drug-likeness (QED) is 0.255. The van der Waals surface area contributed by atoms with Crippen LogP contribution in [0.5, 0.6) is 0 Å². The molecule has 1 atom stereocenters. The van der Waals surface area contributed by atoms with Crippen molar-refractivity contribution in [3.63, 3.8) is 0 Å². The monoisotopic (exact) mass is 498 g/mol. The molecule has 0 amide bonds. The summed E-state index contributed by atoms with van der Waals surface area (Å²) in [6.07, 6.45) is 6.86. The van der Waals surface area contributed by atoms with Gasteiger partial charge in [0.1, 0.15) is 0 Å². The number of benzene rings is 1. The predicted octanol–water partition coefficient (Wildman–Crippen LogP) is 4.26.